The summed E-state index contributed by atoms with van der Waals surface area (Å²) in [5.41, 5.74) is 7.75. The molecular weight excluding hydrogens is 689 g/mol. The number of rotatable bonds is 5. The van der Waals surface area contributed by atoms with Gasteiger partial charge in [0.2, 0.25) is 5.89 Å². The first-order chi connectivity index (χ1) is 26.2. The van der Waals surface area contributed by atoms with Crippen LogP contribution in [0.25, 0.3) is 108 Å². The molecule has 0 unspecified atom stereocenters. The lowest BCUT2D eigenvalue weighted by Crippen LogP contribution is -2.00. The lowest BCUT2D eigenvalue weighted by atomic mass is 9.99. The fourth-order valence-corrected chi connectivity index (χ4v) is 9.46. The third kappa shape index (κ3) is 5.12. The number of benzene rings is 7. The van der Waals surface area contributed by atoms with Crippen molar-refractivity contribution in [1.29, 1.82) is 0 Å². The van der Waals surface area contributed by atoms with Gasteiger partial charge in [0.05, 0.1) is 0 Å². The molecule has 248 valence electrons. The number of oxazole rings is 1. The van der Waals surface area contributed by atoms with Gasteiger partial charge in [-0.05, 0) is 65.7 Å². The summed E-state index contributed by atoms with van der Waals surface area (Å²) in [7, 11) is 0. The first-order valence-corrected chi connectivity index (χ1v) is 19.0. The van der Waals surface area contributed by atoms with Crippen LogP contribution in [-0.4, -0.2) is 19.9 Å². The second-order valence-corrected chi connectivity index (χ2v) is 15.2. The maximum absolute atomic E-state index is 6.03. The number of para-hydroxylation sites is 2. The van der Waals surface area contributed by atoms with Gasteiger partial charge in [-0.25, -0.2) is 19.9 Å². The number of aromatic nitrogens is 4. The van der Waals surface area contributed by atoms with Crippen molar-refractivity contribution in [2.75, 3.05) is 0 Å². The highest BCUT2D eigenvalue weighted by Gasteiger charge is 2.18. The fourth-order valence-electron chi connectivity index (χ4n) is 7.20. The van der Waals surface area contributed by atoms with E-state index in [1.54, 1.807) is 22.7 Å². The van der Waals surface area contributed by atoms with Crippen LogP contribution in [0.3, 0.4) is 0 Å². The lowest BCUT2D eigenvalue weighted by Gasteiger charge is -2.10. The monoisotopic (exact) mass is 714 g/mol. The Hall–Kier alpha value is -6.54. The third-order valence-corrected chi connectivity index (χ3v) is 12.1. The van der Waals surface area contributed by atoms with Crippen molar-refractivity contribution >= 4 is 74.1 Å². The molecule has 0 bridgehead atoms. The molecule has 11 rings (SSSR count). The number of nitrogens with zero attached hydrogens (tertiary/aromatic N) is 4. The van der Waals surface area contributed by atoms with Crippen LogP contribution in [0, 0.1) is 0 Å². The van der Waals surface area contributed by atoms with Crippen LogP contribution in [0.1, 0.15) is 0 Å². The van der Waals surface area contributed by atoms with Gasteiger partial charge in [-0.3, -0.25) is 0 Å². The van der Waals surface area contributed by atoms with E-state index in [0.29, 0.717) is 23.4 Å². The van der Waals surface area contributed by atoms with E-state index >= 15 is 0 Å². The van der Waals surface area contributed by atoms with Crippen LogP contribution in [-0.2, 0) is 0 Å². The molecule has 5 nitrogen and oxygen atoms in total. The maximum atomic E-state index is 6.03. The topological polar surface area (TPSA) is 64.7 Å². The molecule has 0 spiro atoms. The van der Waals surface area contributed by atoms with Crippen molar-refractivity contribution in [2.45, 2.75) is 0 Å². The first kappa shape index (κ1) is 30.1. The zero-order valence-corrected chi connectivity index (χ0v) is 29.7. The van der Waals surface area contributed by atoms with E-state index in [-0.39, 0.29) is 0 Å². The summed E-state index contributed by atoms with van der Waals surface area (Å²) in [6.45, 7) is 0. The van der Waals surface area contributed by atoms with E-state index < -0.39 is 0 Å². The van der Waals surface area contributed by atoms with E-state index in [1.807, 2.05) is 42.5 Å². The number of hydrogen-bond acceptors (Lipinski definition) is 7. The molecule has 7 heteroatoms. The Morgan fingerprint density at radius 1 is 0.377 bits per heavy atom. The predicted molar refractivity (Wildman–Crippen MR) is 220 cm³/mol. The van der Waals surface area contributed by atoms with E-state index in [1.165, 1.54) is 35.0 Å². The van der Waals surface area contributed by atoms with Crippen LogP contribution >= 0.6 is 22.7 Å². The Morgan fingerprint density at radius 3 is 1.92 bits per heavy atom. The highest BCUT2D eigenvalue weighted by Crippen LogP contribution is 2.42. The molecule has 0 fully saturated rings. The average Bonchev–Trinajstić information content (AvgIpc) is 3.94. The summed E-state index contributed by atoms with van der Waals surface area (Å²) < 4.78 is 10.9. The molecule has 0 N–H and O–H groups in total. The molecule has 0 amide bonds. The summed E-state index contributed by atoms with van der Waals surface area (Å²) in [6, 6.07) is 54.7. The zero-order valence-electron chi connectivity index (χ0n) is 28.0. The average molecular weight is 715 g/mol. The van der Waals surface area contributed by atoms with Crippen LogP contribution in [0.5, 0.6) is 0 Å². The molecule has 0 saturated heterocycles. The van der Waals surface area contributed by atoms with E-state index in [9.17, 15) is 0 Å². The molecule has 0 aliphatic heterocycles. The predicted octanol–water partition coefficient (Wildman–Crippen LogP) is 13.1. The standard InChI is InChI=1S/C46H26N4OS2/c1-2-9-28(10-3-1)43-48-44(31-21-23-33-32-11-4-7-15-38(32)53-41(33)26-31)50-45(49-43)34-12-8-16-40-42(34)35-25-30(22-24-39(35)52-40)27-17-19-29(20-18-27)46-47-36-13-5-6-14-37(36)51-46/h1-26H. The summed E-state index contributed by atoms with van der Waals surface area (Å²) in [4.78, 5) is 20.1. The summed E-state index contributed by atoms with van der Waals surface area (Å²) >= 11 is 3.59. The van der Waals surface area contributed by atoms with Crippen molar-refractivity contribution in [3.05, 3.63) is 158 Å². The van der Waals surface area contributed by atoms with Gasteiger partial charge < -0.3 is 4.42 Å². The molecule has 0 radical (unpaired) electrons. The van der Waals surface area contributed by atoms with Gasteiger partial charge in [0.25, 0.3) is 0 Å². The van der Waals surface area contributed by atoms with Crippen molar-refractivity contribution in [3.8, 4) is 56.7 Å². The Morgan fingerprint density at radius 2 is 1.04 bits per heavy atom. The summed E-state index contributed by atoms with van der Waals surface area (Å²) in [5.74, 6) is 2.59. The van der Waals surface area contributed by atoms with Crippen molar-refractivity contribution < 1.29 is 4.42 Å². The molecule has 4 heterocycles. The molecule has 0 atom stereocenters. The molecule has 11 aromatic rings. The normalized spacial score (nSPS) is 11.8. The van der Waals surface area contributed by atoms with Crippen LogP contribution in [0.4, 0.5) is 0 Å². The Kier molecular flexibility index (Phi) is 6.83. The summed E-state index contributed by atoms with van der Waals surface area (Å²) in [5, 5.41) is 4.84. The molecule has 0 saturated carbocycles. The van der Waals surface area contributed by atoms with Crippen LogP contribution in [0.15, 0.2) is 162 Å². The van der Waals surface area contributed by atoms with Gasteiger partial charge in [0.15, 0.2) is 23.1 Å². The van der Waals surface area contributed by atoms with E-state index in [0.717, 1.165) is 49.9 Å². The zero-order chi connectivity index (χ0) is 34.9. The molecule has 7 aromatic carbocycles. The van der Waals surface area contributed by atoms with Gasteiger partial charge in [-0.2, -0.15) is 0 Å². The molecule has 0 aliphatic rings. The number of fused-ring (bicyclic) bond motifs is 7. The SMILES string of the molecule is c1ccc(-c2nc(-c3ccc4c(c3)sc3ccccc34)nc(-c3cccc4sc5ccc(-c6ccc(-c7nc8ccccc8o7)cc6)cc5c34)n2)cc1. The first-order valence-electron chi connectivity index (χ1n) is 17.4. The van der Waals surface area contributed by atoms with Gasteiger partial charge in [0, 0.05) is 62.6 Å². The van der Waals surface area contributed by atoms with Gasteiger partial charge in [-0.15, -0.1) is 22.7 Å². The Balaban J connectivity index is 1.05. The fraction of sp³-hybridized carbons (Fsp3) is 0. The second kappa shape index (κ2) is 12.0. The third-order valence-electron chi connectivity index (χ3n) is 9.80. The number of hydrogen-bond donors (Lipinski definition) is 0. The largest absolute Gasteiger partial charge is 0.436 e. The van der Waals surface area contributed by atoms with E-state index in [2.05, 4.69) is 120 Å². The number of thiophene rings is 2. The maximum Gasteiger partial charge on any atom is 0.227 e. The Labute approximate surface area is 311 Å². The van der Waals surface area contributed by atoms with Crippen molar-refractivity contribution in [1.82, 2.24) is 19.9 Å². The van der Waals surface area contributed by atoms with Crippen molar-refractivity contribution in [2.24, 2.45) is 0 Å². The van der Waals surface area contributed by atoms with Gasteiger partial charge in [0.1, 0.15) is 5.52 Å². The molecule has 4 aromatic heterocycles. The molecule has 0 aliphatic carbocycles. The van der Waals surface area contributed by atoms with Crippen LogP contribution in [0.2, 0.25) is 0 Å². The minimum absolute atomic E-state index is 0.622. The van der Waals surface area contributed by atoms with E-state index in [4.69, 9.17) is 19.4 Å². The minimum atomic E-state index is 0.622. The van der Waals surface area contributed by atoms with Gasteiger partial charge in [-0.1, -0.05) is 103 Å². The second-order valence-electron chi connectivity index (χ2n) is 13.0. The highest BCUT2D eigenvalue weighted by molar-refractivity contribution is 7.26. The minimum Gasteiger partial charge on any atom is -0.436 e. The van der Waals surface area contributed by atoms with Crippen LogP contribution < -0.4 is 0 Å². The molecule has 53 heavy (non-hydrogen) atoms. The quantitative estimate of drug-likeness (QED) is 0.178. The smallest absolute Gasteiger partial charge is 0.227 e. The lowest BCUT2D eigenvalue weighted by molar-refractivity contribution is 0.620. The Bertz CT molecular complexity index is 3150. The van der Waals surface area contributed by atoms with Crippen molar-refractivity contribution in [3.63, 3.8) is 0 Å². The van der Waals surface area contributed by atoms with Gasteiger partial charge >= 0.3 is 0 Å². The summed E-state index contributed by atoms with van der Waals surface area (Å²) in [6.07, 6.45) is 0. The molecular formula is C46H26N4OS2. The highest BCUT2D eigenvalue weighted by atomic mass is 32.1.